The summed E-state index contributed by atoms with van der Waals surface area (Å²) in [5, 5.41) is 2.13. The monoisotopic (exact) mass is 252 g/mol. The zero-order valence-corrected chi connectivity index (χ0v) is 13.4. The number of hydrogen-bond acceptors (Lipinski definition) is 1. The minimum atomic E-state index is 0.314. The summed E-state index contributed by atoms with van der Waals surface area (Å²) in [5.74, 6) is 0. The number of rotatable bonds is 1. The Balaban J connectivity index is 0.000000304. The molecule has 0 aliphatic rings. The van der Waals surface area contributed by atoms with Crippen molar-refractivity contribution in [1.82, 2.24) is 0 Å². The minimum absolute atomic E-state index is 0.314. The zero-order chi connectivity index (χ0) is 13.7. The quantitative estimate of drug-likeness (QED) is 0.534. The normalized spacial score (nSPS) is 11.7. The summed E-state index contributed by atoms with van der Waals surface area (Å²) < 4.78 is 0. The van der Waals surface area contributed by atoms with Crippen molar-refractivity contribution >= 4 is 11.3 Å². The third kappa shape index (κ3) is 6.68. The number of thiophene rings is 1. The molecule has 0 aliphatic carbocycles. The first kappa shape index (κ1) is 16.4. The SMILES string of the molecule is C=C(CC)C(C)(C)C.CC(C)(C)c1cccs1. The Morgan fingerprint density at radius 1 is 1.18 bits per heavy atom. The summed E-state index contributed by atoms with van der Waals surface area (Å²) in [6, 6.07) is 4.29. The van der Waals surface area contributed by atoms with Gasteiger partial charge in [-0.05, 0) is 28.7 Å². The van der Waals surface area contributed by atoms with Crippen LogP contribution in [0.4, 0.5) is 0 Å². The van der Waals surface area contributed by atoms with E-state index < -0.39 is 0 Å². The highest BCUT2D eigenvalue weighted by Crippen LogP contribution is 2.26. The van der Waals surface area contributed by atoms with Gasteiger partial charge < -0.3 is 0 Å². The molecule has 0 saturated heterocycles. The van der Waals surface area contributed by atoms with Gasteiger partial charge in [0.05, 0.1) is 0 Å². The van der Waals surface area contributed by atoms with E-state index in [2.05, 4.69) is 72.6 Å². The van der Waals surface area contributed by atoms with E-state index in [-0.39, 0.29) is 0 Å². The summed E-state index contributed by atoms with van der Waals surface area (Å²) >= 11 is 1.83. The van der Waals surface area contributed by atoms with Gasteiger partial charge in [-0.25, -0.2) is 0 Å². The topological polar surface area (TPSA) is 0 Å². The van der Waals surface area contributed by atoms with Crippen LogP contribution in [0.15, 0.2) is 29.7 Å². The average Bonchev–Trinajstić information content (AvgIpc) is 2.68. The Labute approximate surface area is 112 Å². The zero-order valence-electron chi connectivity index (χ0n) is 12.6. The molecule has 17 heavy (non-hydrogen) atoms. The van der Waals surface area contributed by atoms with Gasteiger partial charge in [0, 0.05) is 4.88 Å². The Morgan fingerprint density at radius 3 is 1.82 bits per heavy atom. The summed E-state index contributed by atoms with van der Waals surface area (Å²) in [7, 11) is 0. The van der Waals surface area contributed by atoms with E-state index in [1.165, 1.54) is 10.5 Å². The van der Waals surface area contributed by atoms with Gasteiger partial charge in [0.15, 0.2) is 0 Å². The first-order valence-electron chi connectivity index (χ1n) is 6.31. The number of hydrogen-bond donors (Lipinski definition) is 0. The maximum atomic E-state index is 3.94. The van der Waals surface area contributed by atoms with Gasteiger partial charge in [-0.3, -0.25) is 0 Å². The standard InChI is InChI=1S/C8H12S.C8H16/c1-8(2,3)7-5-4-6-9-7;1-6-7(2)8(3,4)5/h4-6H,1-3H3;2,6H2,1,3-5H3. The maximum absolute atomic E-state index is 3.94. The fourth-order valence-corrected chi connectivity index (χ4v) is 2.05. The first-order valence-corrected chi connectivity index (χ1v) is 7.19. The molecule has 0 bridgehead atoms. The fourth-order valence-electron chi connectivity index (χ4n) is 1.24. The van der Waals surface area contributed by atoms with Crippen molar-refractivity contribution in [1.29, 1.82) is 0 Å². The second-order valence-electron chi connectivity index (χ2n) is 6.43. The fraction of sp³-hybridized carbons (Fsp3) is 0.625. The van der Waals surface area contributed by atoms with Gasteiger partial charge in [0.1, 0.15) is 0 Å². The van der Waals surface area contributed by atoms with E-state index >= 15 is 0 Å². The lowest BCUT2D eigenvalue weighted by Gasteiger charge is -2.19. The molecule has 0 aliphatic heterocycles. The molecular weight excluding hydrogens is 224 g/mol. The lowest BCUT2D eigenvalue weighted by molar-refractivity contribution is 0.490. The van der Waals surface area contributed by atoms with Crippen LogP contribution in [0.25, 0.3) is 0 Å². The molecule has 0 aromatic carbocycles. The molecule has 0 unspecified atom stereocenters. The molecule has 1 aromatic heterocycles. The van der Waals surface area contributed by atoms with Crippen molar-refractivity contribution in [2.24, 2.45) is 5.41 Å². The number of allylic oxidation sites excluding steroid dienone is 1. The molecule has 98 valence electrons. The molecule has 1 heteroatoms. The van der Waals surface area contributed by atoms with Gasteiger partial charge >= 0.3 is 0 Å². The van der Waals surface area contributed by atoms with Crippen LogP contribution in [0.2, 0.25) is 0 Å². The third-order valence-corrected chi connectivity index (χ3v) is 4.04. The molecule has 0 spiro atoms. The van der Waals surface area contributed by atoms with Gasteiger partial charge in [0.2, 0.25) is 0 Å². The van der Waals surface area contributed by atoms with Crippen molar-refractivity contribution in [3.05, 3.63) is 34.5 Å². The van der Waals surface area contributed by atoms with Crippen LogP contribution in [-0.2, 0) is 5.41 Å². The van der Waals surface area contributed by atoms with Crippen LogP contribution in [0.3, 0.4) is 0 Å². The molecule has 0 amide bonds. The predicted molar refractivity (Wildman–Crippen MR) is 81.9 cm³/mol. The Kier molecular flexibility index (Phi) is 6.18. The highest BCUT2D eigenvalue weighted by atomic mass is 32.1. The lowest BCUT2D eigenvalue weighted by Crippen LogP contribution is -2.07. The van der Waals surface area contributed by atoms with Crippen LogP contribution in [0.1, 0.15) is 59.8 Å². The second-order valence-corrected chi connectivity index (χ2v) is 7.38. The van der Waals surface area contributed by atoms with Gasteiger partial charge in [-0.2, -0.15) is 0 Å². The van der Waals surface area contributed by atoms with Crippen LogP contribution in [-0.4, -0.2) is 0 Å². The predicted octanol–water partition coefficient (Wildman–Crippen LogP) is 6.04. The van der Waals surface area contributed by atoms with E-state index in [0.717, 1.165) is 6.42 Å². The molecule has 0 atom stereocenters. The second kappa shape index (κ2) is 6.39. The maximum Gasteiger partial charge on any atom is 0.00987 e. The highest BCUT2D eigenvalue weighted by Gasteiger charge is 2.13. The molecular formula is C16H28S. The highest BCUT2D eigenvalue weighted by molar-refractivity contribution is 7.10. The van der Waals surface area contributed by atoms with Crippen molar-refractivity contribution in [2.75, 3.05) is 0 Å². The van der Waals surface area contributed by atoms with E-state index in [1.807, 2.05) is 11.3 Å². The summed E-state index contributed by atoms with van der Waals surface area (Å²) in [5.41, 5.74) is 1.99. The van der Waals surface area contributed by atoms with Crippen molar-refractivity contribution in [3.63, 3.8) is 0 Å². The first-order chi connectivity index (χ1) is 7.59. The molecule has 0 radical (unpaired) electrons. The average molecular weight is 252 g/mol. The van der Waals surface area contributed by atoms with Crippen LogP contribution >= 0.6 is 11.3 Å². The molecule has 1 rings (SSSR count). The Morgan fingerprint density at radius 2 is 1.71 bits per heavy atom. The molecule has 1 aromatic rings. The van der Waals surface area contributed by atoms with Crippen LogP contribution in [0.5, 0.6) is 0 Å². The molecule has 0 nitrogen and oxygen atoms in total. The van der Waals surface area contributed by atoms with E-state index in [4.69, 9.17) is 0 Å². The van der Waals surface area contributed by atoms with Gasteiger partial charge in [-0.1, -0.05) is 66.7 Å². The summed E-state index contributed by atoms with van der Waals surface area (Å²) in [4.78, 5) is 1.46. The van der Waals surface area contributed by atoms with Gasteiger partial charge in [-0.15, -0.1) is 11.3 Å². The molecule has 0 fully saturated rings. The van der Waals surface area contributed by atoms with Crippen molar-refractivity contribution < 1.29 is 0 Å². The van der Waals surface area contributed by atoms with Crippen LogP contribution in [0, 0.1) is 5.41 Å². The summed E-state index contributed by atoms with van der Waals surface area (Å²) in [6.07, 6.45) is 1.10. The largest absolute Gasteiger partial charge is 0.148 e. The van der Waals surface area contributed by atoms with Crippen molar-refractivity contribution in [2.45, 2.75) is 60.3 Å². The lowest BCUT2D eigenvalue weighted by atomic mass is 9.86. The van der Waals surface area contributed by atoms with E-state index in [9.17, 15) is 0 Å². The molecule has 1 heterocycles. The molecule has 0 N–H and O–H groups in total. The molecule has 0 saturated carbocycles. The summed E-state index contributed by atoms with van der Waals surface area (Å²) in [6.45, 7) is 19.4. The Bertz CT molecular complexity index is 317. The van der Waals surface area contributed by atoms with E-state index in [1.54, 1.807) is 0 Å². The van der Waals surface area contributed by atoms with E-state index in [0.29, 0.717) is 10.8 Å². The third-order valence-electron chi connectivity index (χ3n) is 2.75. The van der Waals surface area contributed by atoms with Crippen molar-refractivity contribution in [3.8, 4) is 0 Å². The van der Waals surface area contributed by atoms with Gasteiger partial charge in [0.25, 0.3) is 0 Å². The smallest absolute Gasteiger partial charge is 0.00987 e. The minimum Gasteiger partial charge on any atom is -0.148 e. The Hall–Kier alpha value is -0.560. The van der Waals surface area contributed by atoms with Crippen LogP contribution < -0.4 is 0 Å².